The molecule has 1 aromatic carbocycles. The van der Waals surface area contributed by atoms with Gasteiger partial charge in [0.2, 0.25) is 0 Å². The van der Waals surface area contributed by atoms with Crippen LogP contribution in [0.3, 0.4) is 0 Å². The van der Waals surface area contributed by atoms with Gasteiger partial charge in [-0.25, -0.2) is 24.5 Å². The Hall–Kier alpha value is -3.04. The highest BCUT2D eigenvalue weighted by Crippen LogP contribution is 2.38. The van der Waals surface area contributed by atoms with E-state index in [2.05, 4.69) is 15.1 Å². The van der Waals surface area contributed by atoms with Crippen molar-refractivity contribution < 1.29 is 4.74 Å². The van der Waals surface area contributed by atoms with Crippen molar-refractivity contribution in [2.75, 3.05) is 7.11 Å². The SMILES string of the molecule is COc1ccc(-c2ccnc(SCc3nc4c5c6c(sc5ncn4n3)CCC6)n2)cc1. The first kappa shape index (κ1) is 18.7. The van der Waals surface area contributed by atoms with Gasteiger partial charge in [-0.15, -0.1) is 16.4 Å². The molecule has 0 bridgehead atoms. The fourth-order valence-corrected chi connectivity index (χ4v) is 5.86. The summed E-state index contributed by atoms with van der Waals surface area (Å²) in [5.74, 6) is 2.18. The summed E-state index contributed by atoms with van der Waals surface area (Å²) in [4.78, 5) is 21.1. The number of methoxy groups -OCH3 is 1. The third kappa shape index (κ3) is 3.34. The van der Waals surface area contributed by atoms with Crippen LogP contribution in [-0.2, 0) is 18.6 Å². The van der Waals surface area contributed by atoms with E-state index in [4.69, 9.17) is 14.7 Å². The lowest BCUT2D eigenvalue weighted by Crippen LogP contribution is -1.92. The number of ether oxygens (including phenoxy) is 1. The van der Waals surface area contributed by atoms with Crippen molar-refractivity contribution in [3.63, 3.8) is 0 Å². The fourth-order valence-electron chi connectivity index (χ4n) is 3.96. The molecular weight excluding hydrogens is 428 g/mol. The largest absolute Gasteiger partial charge is 0.497 e. The topological polar surface area (TPSA) is 78.1 Å². The number of thiophene rings is 1. The van der Waals surface area contributed by atoms with Crippen LogP contribution in [0.25, 0.3) is 27.1 Å². The lowest BCUT2D eigenvalue weighted by atomic mass is 10.1. The maximum absolute atomic E-state index is 5.23. The summed E-state index contributed by atoms with van der Waals surface area (Å²) in [7, 11) is 1.66. The van der Waals surface area contributed by atoms with E-state index in [0.29, 0.717) is 10.9 Å². The number of thioether (sulfide) groups is 1. The average molecular weight is 447 g/mol. The molecule has 1 aliphatic rings. The molecule has 154 valence electrons. The van der Waals surface area contributed by atoms with E-state index in [1.165, 1.54) is 34.0 Å². The number of aromatic nitrogens is 6. The van der Waals surface area contributed by atoms with Gasteiger partial charge in [-0.3, -0.25) is 0 Å². The Kier molecular flexibility index (Phi) is 4.57. The normalized spacial score (nSPS) is 13.2. The molecule has 6 rings (SSSR count). The van der Waals surface area contributed by atoms with Crippen molar-refractivity contribution >= 4 is 39.0 Å². The zero-order valence-corrected chi connectivity index (χ0v) is 18.4. The predicted molar refractivity (Wildman–Crippen MR) is 122 cm³/mol. The highest BCUT2D eigenvalue weighted by Gasteiger charge is 2.22. The van der Waals surface area contributed by atoms with E-state index in [9.17, 15) is 0 Å². The van der Waals surface area contributed by atoms with Gasteiger partial charge in [0.25, 0.3) is 0 Å². The molecule has 0 spiro atoms. The zero-order valence-electron chi connectivity index (χ0n) is 16.8. The van der Waals surface area contributed by atoms with Gasteiger partial charge >= 0.3 is 0 Å². The van der Waals surface area contributed by atoms with Crippen LogP contribution >= 0.6 is 23.1 Å². The molecule has 4 aromatic heterocycles. The molecule has 0 aliphatic heterocycles. The lowest BCUT2D eigenvalue weighted by molar-refractivity contribution is 0.415. The summed E-state index contributed by atoms with van der Waals surface area (Å²) in [5, 5.41) is 6.52. The molecule has 0 saturated carbocycles. The van der Waals surface area contributed by atoms with E-state index in [1.807, 2.05) is 30.3 Å². The Bertz CT molecular complexity index is 1410. The molecular formula is C22H18N6OS2. The minimum absolute atomic E-state index is 0.599. The second-order valence-electron chi connectivity index (χ2n) is 7.32. The summed E-state index contributed by atoms with van der Waals surface area (Å²) in [6.07, 6.45) is 7.04. The van der Waals surface area contributed by atoms with Crippen molar-refractivity contribution in [3.8, 4) is 17.0 Å². The first-order valence-electron chi connectivity index (χ1n) is 10.0. The number of aryl methyl sites for hydroxylation is 2. The molecule has 4 heterocycles. The van der Waals surface area contributed by atoms with Crippen LogP contribution in [0.2, 0.25) is 0 Å². The fraction of sp³-hybridized carbons (Fsp3) is 0.227. The van der Waals surface area contributed by atoms with E-state index >= 15 is 0 Å². The Morgan fingerprint density at radius 1 is 1.10 bits per heavy atom. The van der Waals surface area contributed by atoms with E-state index < -0.39 is 0 Å². The highest BCUT2D eigenvalue weighted by molar-refractivity contribution is 7.98. The Morgan fingerprint density at radius 3 is 2.87 bits per heavy atom. The van der Waals surface area contributed by atoms with Gasteiger partial charge in [-0.2, -0.15) is 0 Å². The molecule has 0 N–H and O–H groups in total. The molecule has 0 saturated heterocycles. The van der Waals surface area contributed by atoms with Crippen LogP contribution in [0.1, 0.15) is 22.7 Å². The van der Waals surface area contributed by atoms with E-state index in [-0.39, 0.29) is 0 Å². The maximum Gasteiger partial charge on any atom is 0.188 e. The first-order valence-corrected chi connectivity index (χ1v) is 11.8. The minimum Gasteiger partial charge on any atom is -0.497 e. The molecule has 0 radical (unpaired) electrons. The third-order valence-corrected chi connectivity index (χ3v) is 7.49. The lowest BCUT2D eigenvalue weighted by Gasteiger charge is -2.04. The van der Waals surface area contributed by atoms with Gasteiger partial charge in [0.1, 0.15) is 16.9 Å². The van der Waals surface area contributed by atoms with E-state index in [1.54, 1.807) is 35.5 Å². The van der Waals surface area contributed by atoms with Gasteiger partial charge in [-0.05, 0) is 55.2 Å². The van der Waals surface area contributed by atoms with Gasteiger partial charge in [-0.1, -0.05) is 11.8 Å². The smallest absolute Gasteiger partial charge is 0.188 e. The number of nitrogens with zero attached hydrogens (tertiary/aromatic N) is 6. The predicted octanol–water partition coefficient (Wildman–Crippen LogP) is 4.59. The number of benzene rings is 1. The van der Waals surface area contributed by atoms with Crippen LogP contribution in [0.15, 0.2) is 48.0 Å². The van der Waals surface area contributed by atoms with Gasteiger partial charge in [0.05, 0.1) is 23.9 Å². The summed E-state index contributed by atoms with van der Waals surface area (Å²) >= 11 is 3.33. The second kappa shape index (κ2) is 7.58. The molecule has 0 amide bonds. The van der Waals surface area contributed by atoms with Gasteiger partial charge in [0, 0.05) is 16.6 Å². The maximum atomic E-state index is 5.23. The average Bonchev–Trinajstić information content (AvgIpc) is 3.51. The van der Waals surface area contributed by atoms with Crippen LogP contribution < -0.4 is 4.74 Å². The summed E-state index contributed by atoms with van der Waals surface area (Å²) in [6.45, 7) is 0. The van der Waals surface area contributed by atoms with Crippen molar-refractivity contribution in [2.45, 2.75) is 30.2 Å². The Balaban J connectivity index is 1.26. The van der Waals surface area contributed by atoms with Crippen LogP contribution in [0.5, 0.6) is 5.75 Å². The Labute approximate surface area is 186 Å². The van der Waals surface area contributed by atoms with Crippen LogP contribution in [0, 0.1) is 0 Å². The minimum atomic E-state index is 0.599. The standard InChI is InChI=1S/C22H18N6OS2/c1-29-14-7-5-13(6-8-14)16-9-10-23-22(25-16)30-11-18-26-20-19-15-3-2-4-17(15)31-21(19)24-12-28(20)27-18/h5-10,12H,2-4,11H2,1H3. The molecule has 5 aromatic rings. The molecule has 0 atom stereocenters. The van der Waals surface area contributed by atoms with E-state index in [0.717, 1.165) is 46.2 Å². The van der Waals surface area contributed by atoms with Crippen molar-refractivity contribution in [1.82, 2.24) is 29.5 Å². The summed E-state index contributed by atoms with van der Waals surface area (Å²) in [5.41, 5.74) is 4.23. The number of rotatable bonds is 5. The second-order valence-corrected chi connectivity index (χ2v) is 9.35. The molecule has 0 unspecified atom stereocenters. The number of hydrogen-bond acceptors (Lipinski definition) is 8. The molecule has 0 fully saturated rings. The molecule has 7 nitrogen and oxygen atoms in total. The van der Waals surface area contributed by atoms with Crippen molar-refractivity contribution in [3.05, 3.63) is 59.1 Å². The molecule has 1 aliphatic carbocycles. The third-order valence-electron chi connectivity index (χ3n) is 5.44. The van der Waals surface area contributed by atoms with Gasteiger partial charge < -0.3 is 4.74 Å². The zero-order chi connectivity index (χ0) is 20.8. The summed E-state index contributed by atoms with van der Waals surface area (Å²) < 4.78 is 7.03. The van der Waals surface area contributed by atoms with Crippen LogP contribution in [0.4, 0.5) is 0 Å². The quantitative estimate of drug-likeness (QED) is 0.289. The molecule has 9 heteroatoms. The first-order chi connectivity index (χ1) is 15.3. The highest BCUT2D eigenvalue weighted by atomic mass is 32.2. The van der Waals surface area contributed by atoms with Crippen molar-refractivity contribution in [1.29, 1.82) is 0 Å². The number of fused-ring (bicyclic) bond motifs is 5. The monoisotopic (exact) mass is 446 g/mol. The number of hydrogen-bond donors (Lipinski definition) is 0. The molecule has 31 heavy (non-hydrogen) atoms. The van der Waals surface area contributed by atoms with Crippen molar-refractivity contribution in [2.24, 2.45) is 0 Å². The summed E-state index contributed by atoms with van der Waals surface area (Å²) in [6, 6.07) is 9.77. The Morgan fingerprint density at radius 2 is 2.00 bits per heavy atom. The van der Waals surface area contributed by atoms with Gasteiger partial charge in [0.15, 0.2) is 16.6 Å². The van der Waals surface area contributed by atoms with Crippen LogP contribution in [-0.4, -0.2) is 36.7 Å².